The summed E-state index contributed by atoms with van der Waals surface area (Å²) in [4.78, 5) is 10.9. The maximum atomic E-state index is 5.70. The summed E-state index contributed by atoms with van der Waals surface area (Å²) in [5.41, 5.74) is 2.59. The highest BCUT2D eigenvalue weighted by Crippen LogP contribution is 2.13. The highest BCUT2D eigenvalue weighted by molar-refractivity contribution is 14.0. The zero-order valence-corrected chi connectivity index (χ0v) is 16.7. The van der Waals surface area contributed by atoms with Crippen molar-refractivity contribution in [2.24, 2.45) is 4.99 Å². The minimum atomic E-state index is 0. The van der Waals surface area contributed by atoms with Gasteiger partial charge in [-0.3, -0.25) is 9.98 Å². The summed E-state index contributed by atoms with van der Waals surface area (Å²) in [6.45, 7) is 7.90. The number of nitrogens with one attached hydrogen (secondary N) is 1. The van der Waals surface area contributed by atoms with Crippen LogP contribution in [0.2, 0.25) is 0 Å². The number of ether oxygens (including phenoxy) is 1. The molecule has 1 saturated heterocycles. The van der Waals surface area contributed by atoms with E-state index in [0.717, 1.165) is 51.5 Å². The number of aromatic nitrogens is 1. The molecular formula is C17H29IN4O. The lowest BCUT2D eigenvalue weighted by atomic mass is 10.1. The monoisotopic (exact) mass is 432 g/mol. The van der Waals surface area contributed by atoms with Crippen LogP contribution in [0, 0.1) is 6.92 Å². The molecule has 2 heterocycles. The molecule has 0 radical (unpaired) electrons. The average molecular weight is 432 g/mol. The Hall–Kier alpha value is -0.890. The lowest BCUT2D eigenvalue weighted by molar-refractivity contribution is 0.0264. The first kappa shape index (κ1) is 20.2. The molecule has 1 aliphatic rings. The Morgan fingerprint density at radius 1 is 1.43 bits per heavy atom. The van der Waals surface area contributed by atoms with Crippen molar-refractivity contribution in [2.45, 2.75) is 39.2 Å². The van der Waals surface area contributed by atoms with E-state index in [1.165, 1.54) is 11.1 Å². The molecule has 1 fully saturated rings. The molecule has 0 saturated carbocycles. The Morgan fingerprint density at radius 2 is 2.17 bits per heavy atom. The van der Waals surface area contributed by atoms with Crippen LogP contribution in [0.5, 0.6) is 0 Å². The molecule has 1 aliphatic heterocycles. The molecule has 0 spiro atoms. The summed E-state index contributed by atoms with van der Waals surface area (Å²) in [7, 11) is 1.86. The third kappa shape index (κ3) is 6.25. The fraction of sp³-hybridized carbons (Fsp3) is 0.647. The second kappa shape index (κ2) is 10.8. The van der Waals surface area contributed by atoms with Gasteiger partial charge in [0.25, 0.3) is 0 Å². The molecule has 0 amide bonds. The number of nitrogens with zero attached hydrogens (tertiary/aromatic N) is 3. The van der Waals surface area contributed by atoms with Gasteiger partial charge in [-0.1, -0.05) is 0 Å². The van der Waals surface area contributed by atoms with Gasteiger partial charge in [0, 0.05) is 45.7 Å². The highest BCUT2D eigenvalue weighted by Gasteiger charge is 2.21. The molecule has 0 bridgehead atoms. The molecule has 6 heteroatoms. The van der Waals surface area contributed by atoms with Gasteiger partial charge in [0.05, 0.1) is 6.10 Å². The van der Waals surface area contributed by atoms with Crippen molar-refractivity contribution in [2.75, 3.05) is 33.3 Å². The first-order valence-corrected chi connectivity index (χ1v) is 8.21. The number of hydrogen-bond acceptors (Lipinski definition) is 3. The summed E-state index contributed by atoms with van der Waals surface area (Å²) in [6, 6.07) is 2.09. The van der Waals surface area contributed by atoms with Crippen LogP contribution in [0.1, 0.15) is 30.9 Å². The molecule has 0 aliphatic carbocycles. The summed E-state index contributed by atoms with van der Waals surface area (Å²) < 4.78 is 5.70. The predicted molar refractivity (Wildman–Crippen MR) is 106 cm³/mol. The molecule has 1 N–H and O–H groups in total. The third-order valence-corrected chi connectivity index (χ3v) is 4.17. The SMILES string of the molecule is CCOC1CCN(C(=NC)NCCc2ccncc2C)CC1.I. The first-order valence-electron chi connectivity index (χ1n) is 8.21. The van der Waals surface area contributed by atoms with E-state index >= 15 is 0 Å². The molecular weight excluding hydrogens is 403 g/mol. The van der Waals surface area contributed by atoms with Crippen LogP contribution in [0.4, 0.5) is 0 Å². The molecule has 0 aromatic carbocycles. The molecule has 0 atom stereocenters. The van der Waals surface area contributed by atoms with Gasteiger partial charge in [-0.05, 0) is 50.3 Å². The Labute approximate surface area is 156 Å². The van der Waals surface area contributed by atoms with Gasteiger partial charge in [-0.2, -0.15) is 0 Å². The first-order chi connectivity index (χ1) is 10.7. The van der Waals surface area contributed by atoms with Crippen molar-refractivity contribution in [1.29, 1.82) is 0 Å². The third-order valence-electron chi connectivity index (χ3n) is 4.17. The second-order valence-electron chi connectivity index (χ2n) is 5.67. The fourth-order valence-corrected chi connectivity index (χ4v) is 2.89. The van der Waals surface area contributed by atoms with Gasteiger partial charge in [0.2, 0.25) is 0 Å². The lowest BCUT2D eigenvalue weighted by Gasteiger charge is -2.34. The van der Waals surface area contributed by atoms with Crippen molar-refractivity contribution in [3.63, 3.8) is 0 Å². The van der Waals surface area contributed by atoms with Gasteiger partial charge in [-0.25, -0.2) is 0 Å². The topological polar surface area (TPSA) is 49.8 Å². The minimum absolute atomic E-state index is 0. The number of likely N-dealkylation sites (tertiary alicyclic amines) is 1. The Kier molecular flexibility index (Phi) is 9.47. The molecule has 5 nitrogen and oxygen atoms in total. The second-order valence-corrected chi connectivity index (χ2v) is 5.67. The Balaban J connectivity index is 0.00000264. The van der Waals surface area contributed by atoms with Gasteiger partial charge in [0.1, 0.15) is 0 Å². The number of halogens is 1. The minimum Gasteiger partial charge on any atom is -0.378 e. The zero-order chi connectivity index (χ0) is 15.8. The number of aliphatic imine (C=N–C) groups is 1. The van der Waals surface area contributed by atoms with Crippen molar-refractivity contribution in [1.82, 2.24) is 15.2 Å². The van der Waals surface area contributed by atoms with E-state index in [1.807, 2.05) is 19.4 Å². The van der Waals surface area contributed by atoms with Gasteiger partial charge >= 0.3 is 0 Å². The number of piperidine rings is 1. The van der Waals surface area contributed by atoms with Crippen LogP contribution in [0.25, 0.3) is 0 Å². The molecule has 0 unspecified atom stereocenters. The molecule has 1 aromatic rings. The van der Waals surface area contributed by atoms with Crippen LogP contribution in [0.3, 0.4) is 0 Å². The van der Waals surface area contributed by atoms with E-state index in [1.54, 1.807) is 0 Å². The summed E-state index contributed by atoms with van der Waals surface area (Å²) in [5.74, 6) is 1.00. The molecule has 130 valence electrons. The van der Waals surface area contributed by atoms with Crippen molar-refractivity contribution >= 4 is 29.9 Å². The van der Waals surface area contributed by atoms with Crippen molar-refractivity contribution < 1.29 is 4.74 Å². The maximum absolute atomic E-state index is 5.70. The van der Waals surface area contributed by atoms with E-state index in [4.69, 9.17) is 4.74 Å². The van der Waals surface area contributed by atoms with Gasteiger partial charge in [0.15, 0.2) is 5.96 Å². The van der Waals surface area contributed by atoms with Crippen LogP contribution >= 0.6 is 24.0 Å². The number of hydrogen-bond donors (Lipinski definition) is 1. The summed E-state index contributed by atoms with van der Waals surface area (Å²) >= 11 is 0. The van der Waals surface area contributed by atoms with E-state index in [2.05, 4.69) is 40.1 Å². The Morgan fingerprint density at radius 3 is 2.78 bits per heavy atom. The van der Waals surface area contributed by atoms with Gasteiger partial charge < -0.3 is 15.0 Å². The number of pyridine rings is 1. The molecule has 2 rings (SSSR count). The number of aryl methyl sites for hydroxylation is 1. The Bertz CT molecular complexity index is 487. The smallest absolute Gasteiger partial charge is 0.193 e. The van der Waals surface area contributed by atoms with Crippen LogP contribution in [-0.2, 0) is 11.2 Å². The normalized spacial score (nSPS) is 16.1. The van der Waals surface area contributed by atoms with E-state index in [0.29, 0.717) is 6.10 Å². The average Bonchev–Trinajstić information content (AvgIpc) is 2.54. The lowest BCUT2D eigenvalue weighted by Crippen LogP contribution is -2.47. The van der Waals surface area contributed by atoms with E-state index < -0.39 is 0 Å². The molecule has 1 aromatic heterocycles. The van der Waals surface area contributed by atoms with Crippen LogP contribution in [-0.4, -0.2) is 55.2 Å². The molecule has 23 heavy (non-hydrogen) atoms. The fourth-order valence-electron chi connectivity index (χ4n) is 2.89. The zero-order valence-electron chi connectivity index (χ0n) is 14.4. The quantitative estimate of drug-likeness (QED) is 0.442. The highest BCUT2D eigenvalue weighted by atomic mass is 127. The number of guanidine groups is 1. The van der Waals surface area contributed by atoms with Crippen LogP contribution < -0.4 is 5.32 Å². The largest absolute Gasteiger partial charge is 0.378 e. The van der Waals surface area contributed by atoms with Crippen molar-refractivity contribution in [3.8, 4) is 0 Å². The van der Waals surface area contributed by atoms with E-state index in [-0.39, 0.29) is 24.0 Å². The van der Waals surface area contributed by atoms with E-state index in [9.17, 15) is 0 Å². The van der Waals surface area contributed by atoms with Crippen molar-refractivity contribution in [3.05, 3.63) is 29.6 Å². The summed E-state index contributed by atoms with van der Waals surface area (Å²) in [6.07, 6.45) is 7.34. The standard InChI is InChI=1S/C17H28N4O.HI/c1-4-22-16-7-11-21(12-8-16)17(18-3)20-10-6-15-5-9-19-13-14(15)2;/h5,9,13,16H,4,6-8,10-12H2,1-3H3,(H,18,20);1H. The number of rotatable bonds is 5. The summed E-state index contributed by atoms with van der Waals surface area (Å²) in [5, 5.41) is 3.48. The van der Waals surface area contributed by atoms with Gasteiger partial charge in [-0.15, -0.1) is 24.0 Å². The predicted octanol–water partition coefficient (Wildman–Crippen LogP) is 2.63. The van der Waals surface area contributed by atoms with Crippen LogP contribution in [0.15, 0.2) is 23.5 Å². The maximum Gasteiger partial charge on any atom is 0.193 e.